The third-order valence-corrected chi connectivity index (χ3v) is 3.11. The predicted octanol–water partition coefficient (Wildman–Crippen LogP) is 1.42. The lowest BCUT2D eigenvalue weighted by atomic mass is 10.2. The number of carbonyl (C=O) groups is 1. The summed E-state index contributed by atoms with van der Waals surface area (Å²) in [5.41, 5.74) is 0.547. The zero-order valence-electron chi connectivity index (χ0n) is 11.2. The van der Waals surface area contributed by atoms with Gasteiger partial charge in [0.2, 0.25) is 0 Å². The Morgan fingerprint density at radius 1 is 1.24 bits per heavy atom. The molecule has 2 heterocycles. The van der Waals surface area contributed by atoms with Crippen molar-refractivity contribution in [2.45, 2.75) is 6.54 Å². The van der Waals surface area contributed by atoms with Crippen LogP contribution in [0.4, 0.5) is 0 Å². The van der Waals surface area contributed by atoms with Crippen LogP contribution in [-0.4, -0.2) is 22.0 Å². The first-order chi connectivity index (χ1) is 10.3. The van der Waals surface area contributed by atoms with Crippen molar-refractivity contribution in [1.82, 2.24) is 14.9 Å². The van der Waals surface area contributed by atoms with E-state index in [9.17, 15) is 9.59 Å². The molecule has 106 valence electrons. The van der Waals surface area contributed by atoms with E-state index in [2.05, 4.69) is 10.3 Å². The van der Waals surface area contributed by atoms with E-state index < -0.39 is 0 Å². The van der Waals surface area contributed by atoms with Gasteiger partial charge in [0.25, 0.3) is 11.5 Å². The molecule has 0 atom stereocenters. The molecule has 3 aromatic rings. The van der Waals surface area contributed by atoms with Crippen LogP contribution in [0.5, 0.6) is 0 Å². The maximum atomic E-state index is 12.2. The summed E-state index contributed by atoms with van der Waals surface area (Å²) < 4.78 is 6.46. The van der Waals surface area contributed by atoms with E-state index in [0.29, 0.717) is 24.0 Å². The number of furan rings is 1. The van der Waals surface area contributed by atoms with Gasteiger partial charge in [0.1, 0.15) is 0 Å². The fraction of sp³-hybridized carbons (Fsp3) is 0.133. The number of nitrogens with zero attached hydrogens (tertiary/aromatic N) is 2. The molecule has 0 bridgehead atoms. The molecule has 0 spiro atoms. The number of hydrogen-bond acceptors (Lipinski definition) is 4. The molecule has 6 heteroatoms. The van der Waals surface area contributed by atoms with Gasteiger partial charge in [-0.1, -0.05) is 12.1 Å². The van der Waals surface area contributed by atoms with Crippen molar-refractivity contribution in [3.63, 3.8) is 0 Å². The van der Waals surface area contributed by atoms with Gasteiger partial charge < -0.3 is 9.73 Å². The molecule has 1 amide bonds. The molecular formula is C15H13N3O3. The van der Waals surface area contributed by atoms with E-state index in [-0.39, 0.29) is 17.2 Å². The highest BCUT2D eigenvalue weighted by Gasteiger charge is 2.08. The van der Waals surface area contributed by atoms with Crippen molar-refractivity contribution >= 4 is 16.8 Å². The van der Waals surface area contributed by atoms with Gasteiger partial charge in [0.05, 0.1) is 23.5 Å². The Balaban J connectivity index is 1.70. The molecule has 2 aromatic heterocycles. The highest BCUT2D eigenvalue weighted by molar-refractivity contribution is 5.91. The third-order valence-electron chi connectivity index (χ3n) is 3.11. The van der Waals surface area contributed by atoms with Gasteiger partial charge in [-0.25, -0.2) is 4.98 Å². The quantitative estimate of drug-likeness (QED) is 0.785. The van der Waals surface area contributed by atoms with Crippen LogP contribution < -0.4 is 10.9 Å². The minimum absolute atomic E-state index is 0.118. The molecule has 1 aromatic carbocycles. The maximum absolute atomic E-state index is 12.2. The summed E-state index contributed by atoms with van der Waals surface area (Å²) >= 11 is 0. The minimum atomic E-state index is -0.304. The molecular weight excluding hydrogens is 270 g/mol. The monoisotopic (exact) mass is 283 g/mol. The van der Waals surface area contributed by atoms with E-state index in [1.165, 1.54) is 17.2 Å². The van der Waals surface area contributed by atoms with Crippen LogP contribution in [0.25, 0.3) is 10.9 Å². The van der Waals surface area contributed by atoms with Crippen LogP contribution in [0.1, 0.15) is 10.6 Å². The van der Waals surface area contributed by atoms with Crippen LogP contribution in [0.2, 0.25) is 0 Å². The topological polar surface area (TPSA) is 77.1 Å². The number of carbonyl (C=O) groups excluding carboxylic acids is 1. The number of amides is 1. The number of para-hydroxylation sites is 1. The summed E-state index contributed by atoms with van der Waals surface area (Å²) in [6, 6.07) is 10.4. The van der Waals surface area contributed by atoms with Crippen molar-refractivity contribution in [2.75, 3.05) is 6.54 Å². The van der Waals surface area contributed by atoms with Gasteiger partial charge in [0.15, 0.2) is 5.76 Å². The minimum Gasteiger partial charge on any atom is -0.459 e. The molecule has 21 heavy (non-hydrogen) atoms. The van der Waals surface area contributed by atoms with Crippen LogP contribution in [-0.2, 0) is 6.54 Å². The van der Waals surface area contributed by atoms with Crippen LogP contribution in [0.3, 0.4) is 0 Å². The molecule has 6 nitrogen and oxygen atoms in total. The van der Waals surface area contributed by atoms with E-state index in [1.807, 2.05) is 6.07 Å². The molecule has 3 rings (SSSR count). The average molecular weight is 283 g/mol. The van der Waals surface area contributed by atoms with Crippen LogP contribution >= 0.6 is 0 Å². The number of aromatic nitrogens is 2. The fourth-order valence-electron chi connectivity index (χ4n) is 2.05. The Morgan fingerprint density at radius 2 is 2.10 bits per heavy atom. The third kappa shape index (κ3) is 2.69. The highest BCUT2D eigenvalue weighted by atomic mass is 16.3. The summed E-state index contributed by atoms with van der Waals surface area (Å²) in [6.45, 7) is 0.669. The predicted molar refractivity (Wildman–Crippen MR) is 77.0 cm³/mol. The van der Waals surface area contributed by atoms with Gasteiger partial charge in [-0.3, -0.25) is 14.2 Å². The SMILES string of the molecule is O=C(NCCn1cnc2ccccc2c1=O)c1ccco1. The molecule has 0 fully saturated rings. The van der Waals surface area contributed by atoms with Gasteiger partial charge in [-0.15, -0.1) is 0 Å². The number of fused-ring (bicyclic) bond motifs is 1. The largest absolute Gasteiger partial charge is 0.459 e. The zero-order valence-corrected chi connectivity index (χ0v) is 11.2. The number of hydrogen-bond donors (Lipinski definition) is 1. The van der Waals surface area contributed by atoms with Gasteiger partial charge in [-0.05, 0) is 24.3 Å². The lowest BCUT2D eigenvalue weighted by Gasteiger charge is -2.07. The van der Waals surface area contributed by atoms with E-state index in [0.717, 1.165) is 0 Å². The standard InChI is InChI=1S/C15H13N3O3/c19-14(13-6-3-9-21-13)16-7-8-18-10-17-12-5-2-1-4-11(12)15(18)20/h1-6,9-10H,7-8H2,(H,16,19). The Kier molecular flexibility index (Phi) is 3.51. The van der Waals surface area contributed by atoms with Crippen molar-refractivity contribution in [3.8, 4) is 0 Å². The van der Waals surface area contributed by atoms with Crippen molar-refractivity contribution in [1.29, 1.82) is 0 Å². The Bertz CT molecular complexity index is 822. The average Bonchev–Trinajstić information content (AvgIpc) is 3.04. The highest BCUT2D eigenvalue weighted by Crippen LogP contribution is 2.04. The van der Waals surface area contributed by atoms with Crippen LogP contribution in [0, 0.1) is 0 Å². The zero-order chi connectivity index (χ0) is 14.7. The first kappa shape index (κ1) is 13.1. The molecule has 0 saturated heterocycles. The second-order valence-corrected chi connectivity index (χ2v) is 4.49. The van der Waals surface area contributed by atoms with Crippen molar-refractivity contribution < 1.29 is 9.21 Å². The fourth-order valence-corrected chi connectivity index (χ4v) is 2.05. The lowest BCUT2D eigenvalue weighted by molar-refractivity contribution is 0.0924. The molecule has 0 unspecified atom stereocenters. The van der Waals surface area contributed by atoms with Gasteiger partial charge in [0, 0.05) is 13.1 Å². The number of rotatable bonds is 4. The Labute approximate surface area is 120 Å². The molecule has 0 aliphatic rings. The number of nitrogens with one attached hydrogen (secondary N) is 1. The lowest BCUT2D eigenvalue weighted by Crippen LogP contribution is -2.30. The smallest absolute Gasteiger partial charge is 0.287 e. The van der Waals surface area contributed by atoms with Crippen LogP contribution in [0.15, 0.2) is 58.2 Å². The second-order valence-electron chi connectivity index (χ2n) is 4.49. The van der Waals surface area contributed by atoms with E-state index in [1.54, 1.807) is 30.3 Å². The first-order valence-corrected chi connectivity index (χ1v) is 6.51. The molecule has 1 N–H and O–H groups in total. The maximum Gasteiger partial charge on any atom is 0.287 e. The molecule has 0 saturated carbocycles. The first-order valence-electron chi connectivity index (χ1n) is 6.51. The summed E-state index contributed by atoms with van der Waals surface area (Å²) in [5, 5.41) is 3.26. The normalized spacial score (nSPS) is 10.7. The molecule has 0 aliphatic carbocycles. The van der Waals surface area contributed by atoms with Gasteiger partial charge >= 0.3 is 0 Å². The summed E-state index contributed by atoms with van der Waals surface area (Å²) in [7, 11) is 0. The molecule has 0 aliphatic heterocycles. The summed E-state index contributed by atoms with van der Waals surface area (Å²) in [5.74, 6) is -0.0548. The van der Waals surface area contributed by atoms with E-state index >= 15 is 0 Å². The van der Waals surface area contributed by atoms with Crippen molar-refractivity contribution in [2.24, 2.45) is 0 Å². The van der Waals surface area contributed by atoms with Crippen molar-refractivity contribution in [3.05, 3.63) is 65.1 Å². The Hall–Kier alpha value is -2.89. The number of benzene rings is 1. The summed E-state index contributed by atoms with van der Waals surface area (Å²) in [6.07, 6.45) is 2.93. The summed E-state index contributed by atoms with van der Waals surface area (Å²) in [4.78, 5) is 28.1. The molecule has 0 radical (unpaired) electrons. The van der Waals surface area contributed by atoms with Gasteiger partial charge in [-0.2, -0.15) is 0 Å². The second kappa shape index (κ2) is 5.62. The van der Waals surface area contributed by atoms with E-state index in [4.69, 9.17) is 4.42 Å². The Morgan fingerprint density at radius 3 is 2.90 bits per heavy atom.